The molecule has 38 heavy (non-hydrogen) atoms. The second-order valence-corrected chi connectivity index (χ2v) is 10.1. The molecule has 9 nitrogen and oxygen atoms in total. The van der Waals surface area contributed by atoms with Crippen LogP contribution >= 0.6 is 0 Å². The van der Waals surface area contributed by atoms with Crippen LogP contribution in [0.3, 0.4) is 0 Å². The Labute approximate surface area is 220 Å². The third-order valence-corrected chi connectivity index (χ3v) is 7.41. The van der Waals surface area contributed by atoms with Crippen molar-refractivity contribution in [1.29, 1.82) is 0 Å². The van der Waals surface area contributed by atoms with Gasteiger partial charge in [0.25, 0.3) is 5.56 Å². The molecule has 10 heteroatoms. The summed E-state index contributed by atoms with van der Waals surface area (Å²) in [6, 6.07) is 13.9. The largest absolute Gasteiger partial charge is 0.369 e. The van der Waals surface area contributed by atoms with Gasteiger partial charge in [-0.2, -0.15) is 4.98 Å². The van der Waals surface area contributed by atoms with E-state index in [1.54, 1.807) is 10.8 Å². The number of allylic oxidation sites excluding steroid dienone is 2. The first kappa shape index (κ1) is 24.3. The highest BCUT2D eigenvalue weighted by molar-refractivity contribution is 5.77. The van der Waals surface area contributed by atoms with Gasteiger partial charge in [-0.15, -0.1) is 0 Å². The third kappa shape index (κ3) is 4.67. The van der Waals surface area contributed by atoms with Crippen LogP contribution < -0.4 is 15.8 Å². The van der Waals surface area contributed by atoms with Crippen molar-refractivity contribution in [2.24, 2.45) is 0 Å². The molecule has 6 rings (SSSR count). The number of piperazine rings is 1. The summed E-state index contributed by atoms with van der Waals surface area (Å²) in [6.45, 7) is 5.99. The fourth-order valence-corrected chi connectivity index (χ4v) is 5.09. The molecule has 0 radical (unpaired) electrons. The maximum Gasteiger partial charge on any atom is 0.278 e. The van der Waals surface area contributed by atoms with Crippen LogP contribution in [0.2, 0.25) is 0 Å². The van der Waals surface area contributed by atoms with Crippen molar-refractivity contribution in [3.8, 4) is 5.82 Å². The summed E-state index contributed by atoms with van der Waals surface area (Å²) in [7, 11) is 2.14. The zero-order chi connectivity index (χ0) is 26.2. The summed E-state index contributed by atoms with van der Waals surface area (Å²) in [5.41, 5.74) is 2.94. The predicted octanol–water partition coefficient (Wildman–Crippen LogP) is 4.22. The van der Waals surface area contributed by atoms with Gasteiger partial charge in [0, 0.05) is 49.4 Å². The van der Waals surface area contributed by atoms with E-state index in [9.17, 15) is 9.18 Å². The molecule has 1 fully saturated rings. The van der Waals surface area contributed by atoms with Gasteiger partial charge in [0.05, 0.1) is 6.54 Å². The molecule has 2 aliphatic heterocycles. The van der Waals surface area contributed by atoms with Gasteiger partial charge in [0.1, 0.15) is 11.2 Å². The van der Waals surface area contributed by atoms with E-state index in [0.29, 0.717) is 29.2 Å². The summed E-state index contributed by atoms with van der Waals surface area (Å²) in [5, 5.41) is 3.56. The summed E-state index contributed by atoms with van der Waals surface area (Å²) in [6.07, 6.45) is 4.41. The molecule has 5 heterocycles. The first-order valence-electron chi connectivity index (χ1n) is 13.1. The third-order valence-electron chi connectivity index (χ3n) is 7.41. The fraction of sp³-hybridized carbons (Fsp3) is 0.357. The van der Waals surface area contributed by atoms with E-state index >= 15 is 0 Å². The van der Waals surface area contributed by atoms with Crippen LogP contribution in [0.1, 0.15) is 31.4 Å². The maximum absolute atomic E-state index is 14.8. The van der Waals surface area contributed by atoms with E-state index < -0.39 is 0 Å². The lowest BCUT2D eigenvalue weighted by molar-refractivity contribution is 0.313. The number of benzene rings is 1. The van der Waals surface area contributed by atoms with E-state index in [-0.39, 0.29) is 23.8 Å². The molecule has 3 aromatic heterocycles. The van der Waals surface area contributed by atoms with Gasteiger partial charge in [-0.3, -0.25) is 4.79 Å². The van der Waals surface area contributed by atoms with Crippen LogP contribution in [0, 0.1) is 0 Å². The van der Waals surface area contributed by atoms with Crippen molar-refractivity contribution in [3.63, 3.8) is 0 Å². The molecular weight excluding hydrogens is 483 g/mol. The summed E-state index contributed by atoms with van der Waals surface area (Å²) in [5.74, 6) is 0.669. The van der Waals surface area contributed by atoms with Gasteiger partial charge >= 0.3 is 0 Å². The Morgan fingerprint density at radius 1 is 1.03 bits per heavy atom. The lowest BCUT2D eigenvalue weighted by atomic mass is 10.0. The number of nitrogens with one attached hydrogen (secondary N) is 1. The second-order valence-electron chi connectivity index (χ2n) is 10.1. The minimum Gasteiger partial charge on any atom is -0.369 e. The van der Waals surface area contributed by atoms with Crippen LogP contribution in [0.15, 0.2) is 65.4 Å². The Kier molecular flexibility index (Phi) is 6.40. The number of aromatic nitrogens is 5. The van der Waals surface area contributed by atoms with Gasteiger partial charge in [-0.1, -0.05) is 19.1 Å². The number of nitrogens with zero attached hydrogens (tertiary/aromatic N) is 7. The molecule has 0 spiro atoms. The standard InChI is InChI=1S/C28H31FN8O/c1-19-5-3-6-20(29)18-36-27(38)23-17-30-28(33-26(23)37(36)25-8-4-7-24(19)32-25)31-21-9-11-22(12-10-21)35-15-13-34(2)14-16-35/h4,6-12,17,19H,3,5,13-16,18H2,1-2H3,(H,30,31,33)/b20-6-. The minimum absolute atomic E-state index is 0.153. The van der Waals surface area contributed by atoms with Gasteiger partial charge in [0.2, 0.25) is 5.95 Å². The minimum atomic E-state index is -0.356. The molecule has 196 valence electrons. The van der Waals surface area contributed by atoms with Gasteiger partial charge < -0.3 is 15.1 Å². The number of fused-ring (bicyclic) bond motifs is 6. The number of pyridine rings is 1. The first-order chi connectivity index (χ1) is 18.5. The van der Waals surface area contributed by atoms with Crippen molar-refractivity contribution in [3.05, 3.63) is 76.6 Å². The van der Waals surface area contributed by atoms with Crippen LogP contribution in [-0.2, 0) is 6.54 Å². The predicted molar refractivity (Wildman–Crippen MR) is 147 cm³/mol. The van der Waals surface area contributed by atoms with E-state index in [0.717, 1.165) is 44.0 Å². The first-order valence-corrected chi connectivity index (χ1v) is 13.1. The normalized spacial score (nSPS) is 19.9. The van der Waals surface area contributed by atoms with Crippen molar-refractivity contribution in [1.82, 2.24) is 29.2 Å². The van der Waals surface area contributed by atoms with Crippen LogP contribution in [0.4, 0.5) is 21.7 Å². The van der Waals surface area contributed by atoms with Crippen LogP contribution in [0.25, 0.3) is 16.9 Å². The Hall–Kier alpha value is -4.05. The highest BCUT2D eigenvalue weighted by Crippen LogP contribution is 2.25. The molecule has 2 aliphatic rings. The van der Waals surface area contributed by atoms with Crippen LogP contribution in [0.5, 0.6) is 0 Å². The average molecular weight is 515 g/mol. The molecule has 0 saturated carbocycles. The SMILES string of the molecule is CC1CC/C=C(\F)Cn2c(=O)c3cnc(Nc4ccc(N5CCN(C)CC5)cc4)nc3n2-c2cccc1n2. The number of likely N-dealkylation sites (N-methyl/N-ethyl adjacent to an activating group) is 1. The molecule has 0 amide bonds. The smallest absolute Gasteiger partial charge is 0.278 e. The van der Waals surface area contributed by atoms with E-state index in [1.807, 2.05) is 30.3 Å². The molecule has 0 aliphatic carbocycles. The highest BCUT2D eigenvalue weighted by Gasteiger charge is 2.21. The molecule has 1 saturated heterocycles. The maximum atomic E-state index is 14.8. The number of hydrogen-bond donors (Lipinski definition) is 1. The quantitative estimate of drug-likeness (QED) is 0.438. The van der Waals surface area contributed by atoms with Gasteiger partial charge in [-0.05, 0) is 62.2 Å². The van der Waals surface area contributed by atoms with E-state index in [4.69, 9.17) is 9.97 Å². The Bertz CT molecular complexity index is 1550. The monoisotopic (exact) mass is 514 g/mol. The molecule has 1 unspecified atom stereocenters. The summed E-state index contributed by atoms with van der Waals surface area (Å²) < 4.78 is 17.8. The highest BCUT2D eigenvalue weighted by atomic mass is 19.1. The number of rotatable bonds is 3. The topological polar surface area (TPSA) is 84.1 Å². The van der Waals surface area contributed by atoms with Crippen LogP contribution in [-0.4, -0.2) is 62.4 Å². The second kappa shape index (κ2) is 10.0. The Morgan fingerprint density at radius 3 is 2.61 bits per heavy atom. The number of anilines is 3. The average Bonchev–Trinajstić information content (AvgIpc) is 3.19. The molecule has 1 aromatic carbocycles. The molecule has 1 N–H and O–H groups in total. The Balaban J connectivity index is 1.37. The Morgan fingerprint density at radius 2 is 1.82 bits per heavy atom. The zero-order valence-electron chi connectivity index (χ0n) is 21.6. The molecule has 1 atom stereocenters. The van der Waals surface area contributed by atoms with Crippen molar-refractivity contribution in [2.75, 3.05) is 43.4 Å². The van der Waals surface area contributed by atoms with Crippen molar-refractivity contribution in [2.45, 2.75) is 32.2 Å². The molecule has 2 bridgehead atoms. The van der Waals surface area contributed by atoms with Gasteiger partial charge in [0.15, 0.2) is 11.5 Å². The number of halogens is 1. The summed E-state index contributed by atoms with van der Waals surface area (Å²) >= 11 is 0. The van der Waals surface area contributed by atoms with Gasteiger partial charge in [-0.25, -0.2) is 23.7 Å². The van der Waals surface area contributed by atoms with Crippen molar-refractivity contribution >= 4 is 28.4 Å². The fourth-order valence-electron chi connectivity index (χ4n) is 5.09. The van der Waals surface area contributed by atoms with E-state index in [1.165, 1.54) is 16.6 Å². The summed E-state index contributed by atoms with van der Waals surface area (Å²) in [4.78, 5) is 31.9. The van der Waals surface area contributed by atoms with Crippen molar-refractivity contribution < 1.29 is 4.39 Å². The zero-order valence-corrected chi connectivity index (χ0v) is 21.6. The number of hydrogen-bond acceptors (Lipinski definition) is 7. The van der Waals surface area contributed by atoms with E-state index in [2.05, 4.69) is 46.2 Å². The lowest BCUT2D eigenvalue weighted by Crippen LogP contribution is -2.44. The molecular formula is C28H31FN8O. The molecule has 4 aromatic rings. The lowest BCUT2D eigenvalue weighted by Gasteiger charge is -2.34.